The lowest BCUT2D eigenvalue weighted by Crippen LogP contribution is -2.33. The van der Waals surface area contributed by atoms with E-state index in [0.29, 0.717) is 17.7 Å². The lowest BCUT2D eigenvalue weighted by Gasteiger charge is -2.11. The van der Waals surface area contributed by atoms with Crippen molar-refractivity contribution in [2.75, 3.05) is 19.4 Å². The van der Waals surface area contributed by atoms with Crippen LogP contribution >= 0.6 is 0 Å². The first-order valence-corrected chi connectivity index (χ1v) is 7.88. The van der Waals surface area contributed by atoms with E-state index in [9.17, 15) is 9.00 Å². The van der Waals surface area contributed by atoms with Crippen molar-refractivity contribution in [2.24, 2.45) is 0 Å². The molecule has 0 radical (unpaired) electrons. The second-order valence-corrected chi connectivity index (χ2v) is 6.33. The van der Waals surface area contributed by atoms with Crippen LogP contribution in [0, 0.1) is 18.8 Å². The van der Waals surface area contributed by atoms with Gasteiger partial charge in [-0.1, -0.05) is 23.5 Å². The maximum atomic E-state index is 12.2. The van der Waals surface area contributed by atoms with E-state index in [1.807, 2.05) is 19.9 Å². The molecule has 1 amide bonds. The molecule has 4 nitrogen and oxygen atoms in total. The molecule has 20 heavy (non-hydrogen) atoms. The molecule has 0 aliphatic rings. The van der Waals surface area contributed by atoms with Crippen molar-refractivity contribution in [3.05, 3.63) is 34.9 Å². The highest BCUT2D eigenvalue weighted by atomic mass is 32.2. The fraction of sp³-hybridized carbons (Fsp3) is 0.400. The average Bonchev–Trinajstić information content (AvgIpc) is 2.42. The number of benzene rings is 1. The van der Waals surface area contributed by atoms with E-state index in [1.165, 1.54) is 0 Å². The molecule has 0 saturated carbocycles. The molecule has 0 spiro atoms. The van der Waals surface area contributed by atoms with Gasteiger partial charge in [0.15, 0.2) is 0 Å². The molecule has 2 N–H and O–H groups in total. The number of aryl methyl sites for hydroxylation is 1. The summed E-state index contributed by atoms with van der Waals surface area (Å²) < 4.78 is 11.3. The van der Waals surface area contributed by atoms with Gasteiger partial charge in [-0.15, -0.1) is 0 Å². The standard InChI is InChI=1S/C15H19NO3S/c1-11-6-7-13(5-4-8-17)14(9-11)15(18)16-10-12(2)20(3)19/h6-7,9,12,17H,8,10H2,1-3H3,(H,16,18). The molecular formula is C15H19NO3S. The third-order valence-electron chi connectivity index (χ3n) is 2.84. The van der Waals surface area contributed by atoms with Gasteiger partial charge in [-0.2, -0.15) is 0 Å². The minimum atomic E-state index is -0.973. The first-order valence-electron chi connectivity index (χ1n) is 6.26. The second kappa shape index (κ2) is 7.83. The fourth-order valence-corrected chi connectivity index (χ4v) is 1.86. The van der Waals surface area contributed by atoms with Gasteiger partial charge in [0, 0.05) is 34.4 Å². The van der Waals surface area contributed by atoms with Gasteiger partial charge in [0.25, 0.3) is 5.91 Å². The molecule has 0 fully saturated rings. The normalized spacial score (nSPS) is 13.0. The Kier molecular flexibility index (Phi) is 6.43. The molecular weight excluding hydrogens is 274 g/mol. The van der Waals surface area contributed by atoms with Crippen molar-refractivity contribution in [1.82, 2.24) is 5.32 Å². The zero-order valence-electron chi connectivity index (χ0n) is 11.9. The summed E-state index contributed by atoms with van der Waals surface area (Å²) in [4.78, 5) is 12.2. The van der Waals surface area contributed by atoms with Crippen LogP contribution in [-0.2, 0) is 10.8 Å². The molecule has 1 aromatic carbocycles. The molecule has 0 saturated heterocycles. The lowest BCUT2D eigenvalue weighted by molar-refractivity contribution is 0.0953. The highest BCUT2D eigenvalue weighted by Gasteiger charge is 2.13. The Balaban J connectivity index is 2.91. The van der Waals surface area contributed by atoms with E-state index >= 15 is 0 Å². The van der Waals surface area contributed by atoms with Gasteiger partial charge >= 0.3 is 0 Å². The number of nitrogens with one attached hydrogen (secondary N) is 1. The van der Waals surface area contributed by atoms with E-state index in [4.69, 9.17) is 5.11 Å². The summed E-state index contributed by atoms with van der Waals surface area (Å²) in [6, 6.07) is 5.38. The van der Waals surface area contributed by atoms with Crippen LogP contribution in [0.3, 0.4) is 0 Å². The predicted molar refractivity (Wildman–Crippen MR) is 81.0 cm³/mol. The van der Waals surface area contributed by atoms with Crippen molar-refractivity contribution in [1.29, 1.82) is 0 Å². The molecule has 0 heterocycles. The van der Waals surface area contributed by atoms with Gasteiger partial charge in [-0.05, 0) is 26.0 Å². The van der Waals surface area contributed by atoms with Crippen LogP contribution in [0.25, 0.3) is 0 Å². The van der Waals surface area contributed by atoms with Crippen molar-refractivity contribution >= 4 is 16.7 Å². The minimum Gasteiger partial charge on any atom is -0.384 e. The van der Waals surface area contributed by atoms with Crippen molar-refractivity contribution in [3.8, 4) is 11.8 Å². The molecule has 1 aromatic rings. The Bertz CT molecular complexity index is 572. The van der Waals surface area contributed by atoms with Crippen LogP contribution in [0.5, 0.6) is 0 Å². The maximum Gasteiger partial charge on any atom is 0.252 e. The molecule has 2 unspecified atom stereocenters. The summed E-state index contributed by atoms with van der Waals surface area (Å²) in [5, 5.41) is 11.4. The molecule has 0 aromatic heterocycles. The number of aliphatic hydroxyl groups excluding tert-OH is 1. The predicted octanol–water partition coefficient (Wildman–Crippen LogP) is 0.836. The van der Waals surface area contributed by atoms with Crippen LogP contribution in [-0.4, -0.2) is 39.9 Å². The van der Waals surface area contributed by atoms with E-state index in [-0.39, 0.29) is 17.8 Å². The highest BCUT2D eigenvalue weighted by Crippen LogP contribution is 2.11. The fourth-order valence-electron chi connectivity index (χ4n) is 1.54. The topological polar surface area (TPSA) is 66.4 Å². The number of hydrogen-bond donors (Lipinski definition) is 2. The molecule has 1 rings (SSSR count). The van der Waals surface area contributed by atoms with Crippen LogP contribution in [0.2, 0.25) is 0 Å². The van der Waals surface area contributed by atoms with E-state index in [0.717, 1.165) is 5.56 Å². The summed E-state index contributed by atoms with van der Waals surface area (Å²) >= 11 is 0. The minimum absolute atomic E-state index is 0.101. The van der Waals surface area contributed by atoms with Crippen molar-refractivity contribution in [2.45, 2.75) is 19.1 Å². The van der Waals surface area contributed by atoms with Gasteiger partial charge < -0.3 is 10.4 Å². The third kappa shape index (κ3) is 4.80. The molecule has 2 atom stereocenters. The van der Waals surface area contributed by atoms with Crippen LogP contribution in [0.4, 0.5) is 0 Å². The van der Waals surface area contributed by atoms with Crippen LogP contribution in [0.15, 0.2) is 18.2 Å². The third-order valence-corrected chi connectivity index (χ3v) is 4.14. The van der Waals surface area contributed by atoms with Crippen LogP contribution < -0.4 is 5.32 Å². The summed E-state index contributed by atoms with van der Waals surface area (Å²) in [7, 11) is -0.973. The first-order chi connectivity index (χ1) is 9.45. The largest absolute Gasteiger partial charge is 0.384 e. The van der Waals surface area contributed by atoms with Crippen LogP contribution in [0.1, 0.15) is 28.4 Å². The Morgan fingerprint density at radius 1 is 1.50 bits per heavy atom. The Labute approximate surface area is 122 Å². The average molecular weight is 293 g/mol. The maximum absolute atomic E-state index is 12.2. The molecule has 0 bridgehead atoms. The first kappa shape index (κ1) is 16.4. The number of carbonyl (C=O) groups excluding carboxylic acids is 1. The smallest absolute Gasteiger partial charge is 0.252 e. The summed E-state index contributed by atoms with van der Waals surface area (Å²) in [5.74, 6) is 5.06. The Hall–Kier alpha value is -1.64. The summed E-state index contributed by atoms with van der Waals surface area (Å²) in [5.41, 5.74) is 2.00. The Morgan fingerprint density at radius 3 is 2.80 bits per heavy atom. The molecule has 0 aliphatic carbocycles. The van der Waals surface area contributed by atoms with Gasteiger partial charge in [0.05, 0.1) is 5.56 Å². The summed E-state index contributed by atoms with van der Waals surface area (Å²) in [6.07, 6.45) is 1.61. The zero-order chi connectivity index (χ0) is 15.1. The number of amides is 1. The summed E-state index contributed by atoms with van der Waals surface area (Å²) in [6.45, 7) is 3.81. The SMILES string of the molecule is Cc1ccc(C#CCO)c(C(=O)NCC(C)S(C)=O)c1. The Morgan fingerprint density at radius 2 is 2.20 bits per heavy atom. The van der Waals surface area contributed by atoms with Gasteiger partial charge in [-0.3, -0.25) is 9.00 Å². The van der Waals surface area contributed by atoms with E-state index in [1.54, 1.807) is 18.4 Å². The number of hydrogen-bond acceptors (Lipinski definition) is 3. The van der Waals surface area contributed by atoms with Gasteiger partial charge in [-0.25, -0.2) is 0 Å². The molecule has 108 valence electrons. The van der Waals surface area contributed by atoms with Crippen molar-refractivity contribution < 1.29 is 14.1 Å². The van der Waals surface area contributed by atoms with Crippen molar-refractivity contribution in [3.63, 3.8) is 0 Å². The van der Waals surface area contributed by atoms with Gasteiger partial charge in [0.2, 0.25) is 0 Å². The second-order valence-electron chi connectivity index (χ2n) is 4.53. The number of aliphatic hydroxyl groups is 1. The lowest BCUT2D eigenvalue weighted by atomic mass is 10.0. The highest BCUT2D eigenvalue weighted by molar-refractivity contribution is 7.84. The molecule has 5 heteroatoms. The zero-order valence-corrected chi connectivity index (χ0v) is 12.7. The van der Waals surface area contributed by atoms with E-state index < -0.39 is 10.8 Å². The van der Waals surface area contributed by atoms with E-state index in [2.05, 4.69) is 17.2 Å². The number of carbonyl (C=O) groups is 1. The van der Waals surface area contributed by atoms with Gasteiger partial charge in [0.1, 0.15) is 6.61 Å². The molecule has 0 aliphatic heterocycles. The monoisotopic (exact) mass is 293 g/mol. The quantitative estimate of drug-likeness (QED) is 0.808. The number of rotatable bonds is 4.